The predicted octanol–water partition coefficient (Wildman–Crippen LogP) is 8.43. The smallest absolute Gasteiger partial charge is 0.127 e. The van der Waals surface area contributed by atoms with E-state index in [1.165, 1.54) is 0 Å². The molecule has 0 aromatic heterocycles. The standard InChI is InChI=1S/C30H33F/c1-5-7-9-15-28-20-21-29(23-30(28)31)25(4)17-19-27(12-6-2)22-24(3)16-18-26-13-10-8-11-14-26/h8,10-11,13-14,16-21,23,27H,3-5,7,9,15,22H2,1-2H3/b18-16+,19-17-. The molecule has 0 amide bonds. The molecule has 2 rings (SSSR count). The molecular formula is C30H33F. The number of unbranched alkanes of at least 4 members (excludes halogenated alkanes) is 2. The number of benzene rings is 2. The number of hydrogen-bond donors (Lipinski definition) is 0. The van der Waals surface area contributed by atoms with Crippen molar-refractivity contribution in [3.8, 4) is 11.8 Å². The fourth-order valence-electron chi connectivity index (χ4n) is 3.33. The first-order chi connectivity index (χ1) is 15.0. The van der Waals surface area contributed by atoms with Crippen molar-refractivity contribution in [2.24, 2.45) is 5.92 Å². The average molecular weight is 413 g/mol. The fraction of sp³-hybridized carbons (Fsp3) is 0.267. The Morgan fingerprint density at radius 2 is 1.84 bits per heavy atom. The first-order valence-corrected chi connectivity index (χ1v) is 11.0. The minimum Gasteiger partial charge on any atom is -0.207 e. The van der Waals surface area contributed by atoms with Crippen LogP contribution < -0.4 is 0 Å². The molecule has 31 heavy (non-hydrogen) atoms. The molecule has 0 heterocycles. The fourth-order valence-corrected chi connectivity index (χ4v) is 3.33. The van der Waals surface area contributed by atoms with Gasteiger partial charge in [-0.3, -0.25) is 0 Å². The molecule has 0 aliphatic rings. The van der Waals surface area contributed by atoms with Crippen LogP contribution in [0.4, 0.5) is 4.39 Å². The molecule has 1 atom stereocenters. The van der Waals surface area contributed by atoms with Crippen LogP contribution in [-0.2, 0) is 6.42 Å². The van der Waals surface area contributed by atoms with E-state index in [1.54, 1.807) is 6.07 Å². The first kappa shape index (κ1) is 24.2. The molecule has 2 aromatic rings. The zero-order valence-corrected chi connectivity index (χ0v) is 18.8. The molecule has 160 valence electrons. The molecule has 2 aromatic carbocycles. The molecule has 0 aliphatic carbocycles. The number of aryl methyl sites for hydroxylation is 1. The largest absolute Gasteiger partial charge is 0.207 e. The maximum absolute atomic E-state index is 14.4. The van der Waals surface area contributed by atoms with Gasteiger partial charge in [0.1, 0.15) is 5.82 Å². The van der Waals surface area contributed by atoms with Crippen molar-refractivity contribution in [1.82, 2.24) is 0 Å². The van der Waals surface area contributed by atoms with Crippen LogP contribution in [0, 0.1) is 23.6 Å². The van der Waals surface area contributed by atoms with Crippen LogP contribution in [0.5, 0.6) is 0 Å². The van der Waals surface area contributed by atoms with E-state index >= 15 is 0 Å². The van der Waals surface area contributed by atoms with Gasteiger partial charge in [0.2, 0.25) is 0 Å². The highest BCUT2D eigenvalue weighted by Gasteiger charge is 2.06. The van der Waals surface area contributed by atoms with Crippen LogP contribution in [0.15, 0.2) is 85.5 Å². The molecule has 0 bridgehead atoms. The molecule has 0 fully saturated rings. The lowest BCUT2D eigenvalue weighted by atomic mass is 9.96. The van der Waals surface area contributed by atoms with E-state index in [0.29, 0.717) is 0 Å². The Labute approximate surface area is 187 Å². The molecule has 1 heteroatoms. The van der Waals surface area contributed by atoms with Crippen LogP contribution in [0.3, 0.4) is 0 Å². The third-order valence-corrected chi connectivity index (χ3v) is 5.13. The Bertz CT molecular complexity index is 980. The van der Waals surface area contributed by atoms with Gasteiger partial charge in [-0.2, -0.15) is 0 Å². The summed E-state index contributed by atoms with van der Waals surface area (Å²) >= 11 is 0. The minimum absolute atomic E-state index is 0.0350. The normalized spacial score (nSPS) is 12.0. The summed E-state index contributed by atoms with van der Waals surface area (Å²) in [4.78, 5) is 0. The van der Waals surface area contributed by atoms with Gasteiger partial charge in [0.15, 0.2) is 0 Å². The summed E-state index contributed by atoms with van der Waals surface area (Å²) in [7, 11) is 0. The number of allylic oxidation sites excluding steroid dienone is 5. The molecule has 0 N–H and O–H groups in total. The van der Waals surface area contributed by atoms with Gasteiger partial charge in [-0.1, -0.05) is 111 Å². The molecule has 0 aliphatic heterocycles. The Kier molecular flexibility index (Phi) is 10.3. The van der Waals surface area contributed by atoms with Gasteiger partial charge in [0.05, 0.1) is 0 Å². The van der Waals surface area contributed by atoms with Crippen molar-refractivity contribution < 1.29 is 4.39 Å². The van der Waals surface area contributed by atoms with Crippen LogP contribution in [0.1, 0.15) is 56.2 Å². The van der Waals surface area contributed by atoms with E-state index in [1.807, 2.05) is 55.5 Å². The topological polar surface area (TPSA) is 0 Å². The molecule has 0 saturated heterocycles. The van der Waals surface area contributed by atoms with Gasteiger partial charge in [0.25, 0.3) is 0 Å². The highest BCUT2D eigenvalue weighted by atomic mass is 19.1. The second-order valence-electron chi connectivity index (χ2n) is 7.75. The van der Waals surface area contributed by atoms with Crippen molar-refractivity contribution >= 4 is 11.6 Å². The minimum atomic E-state index is -0.146. The zero-order valence-electron chi connectivity index (χ0n) is 18.8. The lowest BCUT2D eigenvalue weighted by Crippen LogP contribution is -1.95. The molecule has 1 unspecified atom stereocenters. The second kappa shape index (κ2) is 13.2. The number of hydrogen-bond acceptors (Lipinski definition) is 0. The van der Waals surface area contributed by atoms with Gasteiger partial charge in [-0.05, 0) is 54.5 Å². The van der Waals surface area contributed by atoms with Gasteiger partial charge >= 0.3 is 0 Å². The van der Waals surface area contributed by atoms with Crippen molar-refractivity contribution in [3.63, 3.8) is 0 Å². The molecule has 0 nitrogen and oxygen atoms in total. The van der Waals surface area contributed by atoms with Crippen LogP contribution in [0.2, 0.25) is 0 Å². The molecule has 0 radical (unpaired) electrons. The maximum Gasteiger partial charge on any atom is 0.127 e. The summed E-state index contributed by atoms with van der Waals surface area (Å²) in [6, 6.07) is 15.6. The summed E-state index contributed by atoms with van der Waals surface area (Å²) in [5.74, 6) is 6.11. The second-order valence-corrected chi connectivity index (χ2v) is 7.75. The van der Waals surface area contributed by atoms with E-state index in [0.717, 1.165) is 59.9 Å². The summed E-state index contributed by atoms with van der Waals surface area (Å²) in [6.45, 7) is 12.3. The van der Waals surface area contributed by atoms with Crippen LogP contribution in [0.25, 0.3) is 11.6 Å². The third-order valence-electron chi connectivity index (χ3n) is 5.13. The monoisotopic (exact) mass is 412 g/mol. The summed E-state index contributed by atoms with van der Waals surface area (Å²) < 4.78 is 14.4. The van der Waals surface area contributed by atoms with E-state index < -0.39 is 0 Å². The quantitative estimate of drug-likeness (QED) is 0.197. The molecular weight excluding hydrogens is 379 g/mol. The summed E-state index contributed by atoms with van der Waals surface area (Å²) in [6.07, 6.45) is 12.9. The number of rotatable bonds is 11. The van der Waals surface area contributed by atoms with Crippen molar-refractivity contribution in [2.75, 3.05) is 0 Å². The maximum atomic E-state index is 14.4. The first-order valence-electron chi connectivity index (χ1n) is 11.0. The Hall–Kier alpha value is -3.11. The third kappa shape index (κ3) is 8.65. The van der Waals surface area contributed by atoms with Gasteiger partial charge in [0, 0.05) is 5.92 Å². The summed E-state index contributed by atoms with van der Waals surface area (Å²) in [5, 5.41) is 0. The highest BCUT2D eigenvalue weighted by Crippen LogP contribution is 2.21. The van der Waals surface area contributed by atoms with Crippen molar-refractivity contribution in [2.45, 2.75) is 46.0 Å². The predicted molar refractivity (Wildman–Crippen MR) is 134 cm³/mol. The van der Waals surface area contributed by atoms with Crippen molar-refractivity contribution in [3.05, 3.63) is 108 Å². The summed E-state index contributed by atoms with van der Waals surface area (Å²) in [5.41, 5.74) is 4.52. The van der Waals surface area contributed by atoms with Gasteiger partial charge in [-0.25, -0.2) is 4.39 Å². The van der Waals surface area contributed by atoms with Gasteiger partial charge < -0.3 is 0 Å². The SMILES string of the molecule is C=C(/C=C/c1ccccc1)CC(C#CC)/C=C\C(=C)c1ccc(CCCCC)c(F)c1. The van der Waals surface area contributed by atoms with E-state index in [4.69, 9.17) is 0 Å². The lowest BCUT2D eigenvalue weighted by Gasteiger charge is -2.08. The molecule has 0 spiro atoms. The average Bonchev–Trinajstić information content (AvgIpc) is 2.78. The van der Waals surface area contributed by atoms with Crippen LogP contribution in [-0.4, -0.2) is 0 Å². The van der Waals surface area contributed by atoms with Crippen LogP contribution >= 0.6 is 0 Å². The lowest BCUT2D eigenvalue weighted by molar-refractivity contribution is 0.598. The Balaban J connectivity index is 2.00. The number of halogens is 1. The van der Waals surface area contributed by atoms with E-state index in [-0.39, 0.29) is 11.7 Å². The zero-order chi connectivity index (χ0) is 22.5. The van der Waals surface area contributed by atoms with Gasteiger partial charge in [-0.15, -0.1) is 5.92 Å². The van der Waals surface area contributed by atoms with E-state index in [2.05, 4.69) is 50.1 Å². The molecule has 0 saturated carbocycles. The van der Waals surface area contributed by atoms with E-state index in [9.17, 15) is 4.39 Å². The Morgan fingerprint density at radius 3 is 2.52 bits per heavy atom. The highest BCUT2D eigenvalue weighted by molar-refractivity contribution is 5.72. The Morgan fingerprint density at radius 1 is 1.06 bits per heavy atom. The van der Waals surface area contributed by atoms with Crippen molar-refractivity contribution in [1.29, 1.82) is 0 Å².